The third kappa shape index (κ3) is 3.68. The summed E-state index contributed by atoms with van der Waals surface area (Å²) in [6.45, 7) is 4.56. The zero-order valence-corrected chi connectivity index (χ0v) is 11.8. The minimum absolute atomic E-state index is 0.0868. The number of hydrogen-bond donors (Lipinski definition) is 2. The standard InChI is InChI=1S/C14H26N2O3/c1-11(9-12-3-2-6-19-12)16-13(17)14(10-15)4-7-18-8-5-14/h11-12H,2-10,15H2,1H3,(H,16,17). The van der Waals surface area contributed by atoms with E-state index < -0.39 is 5.41 Å². The van der Waals surface area contributed by atoms with E-state index in [2.05, 4.69) is 5.32 Å². The average molecular weight is 270 g/mol. The van der Waals surface area contributed by atoms with Crippen LogP contribution < -0.4 is 11.1 Å². The van der Waals surface area contributed by atoms with Crippen molar-refractivity contribution in [2.75, 3.05) is 26.4 Å². The molecule has 0 aromatic rings. The van der Waals surface area contributed by atoms with Crippen LogP contribution in [0.25, 0.3) is 0 Å². The Labute approximate surface area is 115 Å². The van der Waals surface area contributed by atoms with Crippen molar-refractivity contribution in [2.45, 2.75) is 51.2 Å². The molecule has 0 spiro atoms. The fourth-order valence-corrected chi connectivity index (χ4v) is 2.95. The maximum Gasteiger partial charge on any atom is 0.227 e. The van der Waals surface area contributed by atoms with Crippen molar-refractivity contribution in [1.82, 2.24) is 5.32 Å². The lowest BCUT2D eigenvalue weighted by molar-refractivity contribution is -0.136. The molecule has 0 aromatic heterocycles. The van der Waals surface area contributed by atoms with Gasteiger partial charge in [-0.1, -0.05) is 0 Å². The molecule has 5 heteroatoms. The molecule has 0 saturated carbocycles. The number of amides is 1. The molecule has 0 aromatic carbocycles. The Balaban J connectivity index is 1.83. The second-order valence-corrected chi connectivity index (χ2v) is 5.84. The first-order chi connectivity index (χ1) is 9.16. The van der Waals surface area contributed by atoms with Crippen molar-refractivity contribution in [1.29, 1.82) is 0 Å². The zero-order chi connectivity index (χ0) is 13.7. The predicted octanol–water partition coefficient (Wildman–Crippen LogP) is 0.816. The molecule has 2 rings (SSSR count). The van der Waals surface area contributed by atoms with E-state index in [1.54, 1.807) is 0 Å². The van der Waals surface area contributed by atoms with E-state index in [-0.39, 0.29) is 11.9 Å². The minimum atomic E-state index is -0.428. The Morgan fingerprint density at radius 1 is 1.42 bits per heavy atom. The fourth-order valence-electron chi connectivity index (χ4n) is 2.95. The Bertz CT molecular complexity index is 297. The van der Waals surface area contributed by atoms with Crippen molar-refractivity contribution in [2.24, 2.45) is 11.1 Å². The van der Waals surface area contributed by atoms with Crippen molar-refractivity contribution in [3.63, 3.8) is 0 Å². The van der Waals surface area contributed by atoms with Crippen molar-refractivity contribution in [3.8, 4) is 0 Å². The number of nitrogens with two attached hydrogens (primary N) is 1. The number of ether oxygens (including phenoxy) is 2. The summed E-state index contributed by atoms with van der Waals surface area (Å²) in [6.07, 6.45) is 4.89. The minimum Gasteiger partial charge on any atom is -0.381 e. The Morgan fingerprint density at radius 2 is 2.16 bits per heavy atom. The van der Waals surface area contributed by atoms with Gasteiger partial charge in [-0.05, 0) is 39.0 Å². The Morgan fingerprint density at radius 3 is 2.74 bits per heavy atom. The smallest absolute Gasteiger partial charge is 0.227 e. The molecule has 1 amide bonds. The van der Waals surface area contributed by atoms with Gasteiger partial charge in [0.2, 0.25) is 5.91 Å². The van der Waals surface area contributed by atoms with Crippen LogP contribution in [-0.2, 0) is 14.3 Å². The van der Waals surface area contributed by atoms with E-state index in [4.69, 9.17) is 15.2 Å². The van der Waals surface area contributed by atoms with Gasteiger partial charge in [0.25, 0.3) is 0 Å². The fraction of sp³-hybridized carbons (Fsp3) is 0.929. The van der Waals surface area contributed by atoms with E-state index in [0.29, 0.717) is 25.9 Å². The van der Waals surface area contributed by atoms with E-state index >= 15 is 0 Å². The molecule has 3 N–H and O–H groups in total. The van der Waals surface area contributed by atoms with Crippen molar-refractivity contribution < 1.29 is 14.3 Å². The van der Waals surface area contributed by atoms with Crippen LogP contribution in [0.15, 0.2) is 0 Å². The van der Waals surface area contributed by atoms with Crippen LogP contribution in [0.5, 0.6) is 0 Å². The molecule has 2 saturated heterocycles. The lowest BCUT2D eigenvalue weighted by Crippen LogP contribution is -2.51. The van der Waals surface area contributed by atoms with Gasteiger partial charge in [0, 0.05) is 32.4 Å². The molecular formula is C14H26N2O3. The first-order valence-corrected chi connectivity index (χ1v) is 7.37. The zero-order valence-electron chi connectivity index (χ0n) is 11.8. The highest BCUT2D eigenvalue weighted by atomic mass is 16.5. The average Bonchev–Trinajstić information content (AvgIpc) is 2.92. The van der Waals surface area contributed by atoms with E-state index in [0.717, 1.165) is 38.7 Å². The molecule has 2 aliphatic rings. The molecule has 5 nitrogen and oxygen atoms in total. The molecule has 0 radical (unpaired) electrons. The Hall–Kier alpha value is -0.650. The molecule has 2 unspecified atom stereocenters. The maximum absolute atomic E-state index is 12.4. The van der Waals surface area contributed by atoms with E-state index in [9.17, 15) is 4.79 Å². The number of carbonyl (C=O) groups excluding carboxylic acids is 1. The highest BCUT2D eigenvalue weighted by Gasteiger charge is 2.39. The van der Waals surface area contributed by atoms with Crippen LogP contribution in [0, 0.1) is 5.41 Å². The summed E-state index contributed by atoms with van der Waals surface area (Å²) in [7, 11) is 0. The number of carbonyl (C=O) groups is 1. The van der Waals surface area contributed by atoms with Crippen molar-refractivity contribution >= 4 is 5.91 Å². The van der Waals surface area contributed by atoms with Gasteiger partial charge < -0.3 is 20.5 Å². The molecule has 0 aliphatic carbocycles. The van der Waals surface area contributed by atoms with Crippen molar-refractivity contribution in [3.05, 3.63) is 0 Å². The van der Waals surface area contributed by atoms with E-state index in [1.807, 2.05) is 6.92 Å². The highest BCUT2D eigenvalue weighted by Crippen LogP contribution is 2.30. The first kappa shape index (κ1) is 14.8. The third-order valence-corrected chi connectivity index (χ3v) is 4.34. The van der Waals surface area contributed by atoms with Crippen LogP contribution in [0.3, 0.4) is 0 Å². The van der Waals surface area contributed by atoms with Crippen LogP contribution in [0.4, 0.5) is 0 Å². The summed E-state index contributed by atoms with van der Waals surface area (Å²) in [5.74, 6) is 0.0868. The second kappa shape index (κ2) is 6.68. The van der Waals surface area contributed by atoms with Gasteiger partial charge in [0.15, 0.2) is 0 Å². The molecule has 2 heterocycles. The highest BCUT2D eigenvalue weighted by molar-refractivity contribution is 5.83. The summed E-state index contributed by atoms with van der Waals surface area (Å²) in [4.78, 5) is 12.4. The summed E-state index contributed by atoms with van der Waals surface area (Å²) in [5, 5.41) is 3.11. The van der Waals surface area contributed by atoms with Crippen LogP contribution in [0.2, 0.25) is 0 Å². The number of rotatable bonds is 5. The normalized spacial score (nSPS) is 28.0. The molecule has 2 atom stereocenters. The molecule has 19 heavy (non-hydrogen) atoms. The largest absolute Gasteiger partial charge is 0.381 e. The van der Waals surface area contributed by atoms with Crippen LogP contribution in [0.1, 0.15) is 39.0 Å². The van der Waals surface area contributed by atoms with Gasteiger partial charge >= 0.3 is 0 Å². The van der Waals surface area contributed by atoms with Gasteiger partial charge in [-0.3, -0.25) is 4.79 Å². The maximum atomic E-state index is 12.4. The SMILES string of the molecule is CC(CC1CCCO1)NC(=O)C1(CN)CCOCC1. The topological polar surface area (TPSA) is 73.6 Å². The Kier molecular flexibility index (Phi) is 5.19. The number of nitrogens with one attached hydrogen (secondary N) is 1. The quantitative estimate of drug-likeness (QED) is 0.775. The molecule has 110 valence electrons. The van der Waals surface area contributed by atoms with Gasteiger partial charge in [-0.2, -0.15) is 0 Å². The summed E-state index contributed by atoms with van der Waals surface area (Å²) in [6, 6.07) is 0.141. The third-order valence-electron chi connectivity index (χ3n) is 4.34. The predicted molar refractivity (Wildman–Crippen MR) is 72.7 cm³/mol. The summed E-state index contributed by atoms with van der Waals surface area (Å²) < 4.78 is 10.9. The molecule has 2 fully saturated rings. The molecule has 0 bridgehead atoms. The lowest BCUT2D eigenvalue weighted by Gasteiger charge is -2.35. The van der Waals surface area contributed by atoms with Crippen LogP contribution >= 0.6 is 0 Å². The monoisotopic (exact) mass is 270 g/mol. The molecule has 2 aliphatic heterocycles. The van der Waals surface area contributed by atoms with Gasteiger partial charge in [-0.15, -0.1) is 0 Å². The van der Waals surface area contributed by atoms with Crippen LogP contribution in [-0.4, -0.2) is 44.4 Å². The summed E-state index contributed by atoms with van der Waals surface area (Å²) >= 11 is 0. The second-order valence-electron chi connectivity index (χ2n) is 5.84. The summed E-state index contributed by atoms with van der Waals surface area (Å²) in [5.41, 5.74) is 5.41. The molecular weight excluding hydrogens is 244 g/mol. The van der Waals surface area contributed by atoms with Gasteiger partial charge in [-0.25, -0.2) is 0 Å². The van der Waals surface area contributed by atoms with Gasteiger partial charge in [0.05, 0.1) is 11.5 Å². The lowest BCUT2D eigenvalue weighted by atomic mass is 9.79. The first-order valence-electron chi connectivity index (χ1n) is 7.37. The van der Waals surface area contributed by atoms with E-state index in [1.165, 1.54) is 0 Å². The van der Waals surface area contributed by atoms with Gasteiger partial charge in [0.1, 0.15) is 0 Å². The number of hydrogen-bond acceptors (Lipinski definition) is 4.